The van der Waals surface area contributed by atoms with Crippen LogP contribution in [0.2, 0.25) is 0 Å². The van der Waals surface area contributed by atoms with Gasteiger partial charge in [0.2, 0.25) is 0 Å². The maximum atomic E-state index is 11.9. The van der Waals surface area contributed by atoms with Gasteiger partial charge in [-0.1, -0.05) is 30.3 Å². The van der Waals surface area contributed by atoms with Gasteiger partial charge in [0, 0.05) is 23.2 Å². The number of benzene rings is 2. The normalized spacial score (nSPS) is 17.0. The first-order valence-corrected chi connectivity index (χ1v) is 8.82. The Morgan fingerprint density at radius 2 is 2.00 bits per heavy atom. The molecule has 1 aliphatic heterocycles. The number of para-hydroxylation sites is 1. The Bertz CT molecular complexity index is 1050. The minimum atomic E-state index is -0.147. The Morgan fingerprint density at radius 3 is 2.88 bits per heavy atom. The van der Waals surface area contributed by atoms with Crippen LogP contribution in [-0.2, 0) is 0 Å². The van der Waals surface area contributed by atoms with Gasteiger partial charge in [0.25, 0.3) is 5.24 Å². The highest BCUT2D eigenvalue weighted by Crippen LogP contribution is 2.30. The molecule has 1 aliphatic rings. The van der Waals surface area contributed by atoms with Crippen LogP contribution in [0.3, 0.4) is 0 Å². The van der Waals surface area contributed by atoms with Crippen molar-refractivity contribution >= 4 is 45.5 Å². The fourth-order valence-electron chi connectivity index (χ4n) is 2.71. The monoisotopic (exact) mass is 361 g/mol. The van der Waals surface area contributed by atoms with Gasteiger partial charge in [0.1, 0.15) is 11.6 Å². The first-order valence-electron chi connectivity index (χ1n) is 8.00. The van der Waals surface area contributed by atoms with Crippen molar-refractivity contribution in [1.29, 1.82) is 0 Å². The van der Waals surface area contributed by atoms with Gasteiger partial charge in [0.05, 0.1) is 23.2 Å². The summed E-state index contributed by atoms with van der Waals surface area (Å²) in [5.41, 5.74) is 2.55. The van der Waals surface area contributed by atoms with Crippen LogP contribution in [-0.4, -0.2) is 23.2 Å². The molecule has 0 spiro atoms. The number of thioether (sulfide) groups is 1. The van der Waals surface area contributed by atoms with Crippen molar-refractivity contribution in [3.05, 3.63) is 71.3 Å². The molecule has 0 unspecified atom stereocenters. The minimum Gasteiger partial charge on any atom is -0.497 e. The summed E-state index contributed by atoms with van der Waals surface area (Å²) in [5.74, 6) is 1.24. The van der Waals surface area contributed by atoms with Gasteiger partial charge >= 0.3 is 0 Å². The molecule has 1 N–H and O–H groups in total. The number of aliphatic imine (C=N–C) groups is 1. The molecule has 1 saturated heterocycles. The number of carbonyl (C=O) groups is 1. The van der Waals surface area contributed by atoms with Gasteiger partial charge in [-0.25, -0.2) is 4.99 Å². The number of methoxy groups -OCH3 is 1. The highest BCUT2D eigenvalue weighted by molar-refractivity contribution is 8.18. The van der Waals surface area contributed by atoms with Crippen LogP contribution < -0.4 is 10.1 Å². The molecule has 5 nitrogen and oxygen atoms in total. The molecular formula is C20H15N3O2S. The fraction of sp³-hybridized carbons (Fsp3) is 0.0500. The van der Waals surface area contributed by atoms with Gasteiger partial charge in [-0.2, -0.15) is 0 Å². The van der Waals surface area contributed by atoms with Crippen molar-refractivity contribution < 1.29 is 9.53 Å². The van der Waals surface area contributed by atoms with Crippen LogP contribution in [0.4, 0.5) is 10.5 Å². The number of aromatic nitrogens is 1. The summed E-state index contributed by atoms with van der Waals surface area (Å²) in [4.78, 5) is 21.7. The van der Waals surface area contributed by atoms with Crippen molar-refractivity contribution in [2.45, 2.75) is 0 Å². The van der Waals surface area contributed by atoms with Gasteiger partial charge in [-0.15, -0.1) is 0 Å². The van der Waals surface area contributed by atoms with E-state index >= 15 is 0 Å². The van der Waals surface area contributed by atoms with Crippen molar-refractivity contribution in [1.82, 2.24) is 10.3 Å². The van der Waals surface area contributed by atoms with E-state index in [0.717, 1.165) is 33.1 Å². The molecule has 0 atom stereocenters. The lowest BCUT2D eigenvalue weighted by Gasteiger charge is -2.04. The Labute approximate surface area is 154 Å². The topological polar surface area (TPSA) is 63.6 Å². The maximum Gasteiger partial charge on any atom is 0.289 e. The third-order valence-electron chi connectivity index (χ3n) is 3.90. The van der Waals surface area contributed by atoms with Crippen molar-refractivity contribution in [2.75, 3.05) is 7.11 Å². The Morgan fingerprint density at radius 1 is 1.15 bits per heavy atom. The number of hydrogen-bond acceptors (Lipinski definition) is 5. The lowest BCUT2D eigenvalue weighted by Crippen LogP contribution is -2.18. The fourth-order valence-corrected chi connectivity index (χ4v) is 3.43. The van der Waals surface area contributed by atoms with Crippen LogP contribution in [0, 0.1) is 0 Å². The Kier molecular flexibility index (Phi) is 4.41. The quantitative estimate of drug-likeness (QED) is 0.730. The summed E-state index contributed by atoms with van der Waals surface area (Å²) >= 11 is 1.13. The van der Waals surface area contributed by atoms with E-state index in [9.17, 15) is 4.79 Å². The molecule has 1 aromatic heterocycles. The number of nitrogens with zero attached hydrogens (tertiary/aromatic N) is 2. The predicted octanol–water partition coefficient (Wildman–Crippen LogP) is 4.77. The molecule has 6 heteroatoms. The number of nitrogens with one attached hydrogen (secondary N) is 1. The molecule has 1 amide bonds. The lowest BCUT2D eigenvalue weighted by atomic mass is 10.1. The van der Waals surface area contributed by atoms with E-state index in [-0.39, 0.29) is 5.24 Å². The molecule has 0 radical (unpaired) electrons. The first kappa shape index (κ1) is 16.4. The molecular weight excluding hydrogens is 346 g/mol. The van der Waals surface area contributed by atoms with E-state index in [1.165, 1.54) is 0 Å². The summed E-state index contributed by atoms with van der Waals surface area (Å²) < 4.78 is 5.23. The summed E-state index contributed by atoms with van der Waals surface area (Å²) in [6.07, 6.45) is 3.71. The molecule has 3 aromatic rings. The molecule has 128 valence electrons. The second kappa shape index (κ2) is 7.01. The summed E-state index contributed by atoms with van der Waals surface area (Å²) in [6.45, 7) is 0. The smallest absolute Gasteiger partial charge is 0.289 e. The molecule has 4 rings (SSSR count). The minimum absolute atomic E-state index is 0.147. The van der Waals surface area contributed by atoms with Crippen LogP contribution in [0.5, 0.6) is 5.75 Å². The van der Waals surface area contributed by atoms with Crippen LogP contribution in [0.25, 0.3) is 17.0 Å². The number of hydrogen-bond donors (Lipinski definition) is 1. The highest BCUT2D eigenvalue weighted by Gasteiger charge is 2.24. The van der Waals surface area contributed by atoms with E-state index in [4.69, 9.17) is 4.74 Å². The van der Waals surface area contributed by atoms with Gasteiger partial charge in [0.15, 0.2) is 0 Å². The summed E-state index contributed by atoms with van der Waals surface area (Å²) in [7, 11) is 1.61. The number of amidine groups is 1. The Balaban J connectivity index is 1.77. The van der Waals surface area contributed by atoms with Crippen LogP contribution in [0.1, 0.15) is 5.56 Å². The lowest BCUT2D eigenvalue weighted by molar-refractivity contribution is 0.265. The van der Waals surface area contributed by atoms with Crippen molar-refractivity contribution in [3.8, 4) is 5.75 Å². The second-order valence-corrected chi connectivity index (χ2v) is 6.62. The molecule has 0 bridgehead atoms. The predicted molar refractivity (Wildman–Crippen MR) is 106 cm³/mol. The zero-order valence-electron chi connectivity index (χ0n) is 14.0. The summed E-state index contributed by atoms with van der Waals surface area (Å²) in [5, 5.41) is 3.71. The highest BCUT2D eigenvalue weighted by atomic mass is 32.2. The first-order chi connectivity index (χ1) is 12.7. The number of rotatable bonds is 3. The number of amides is 1. The third kappa shape index (κ3) is 3.32. The van der Waals surface area contributed by atoms with Crippen LogP contribution >= 0.6 is 11.8 Å². The van der Waals surface area contributed by atoms with Crippen molar-refractivity contribution in [2.24, 2.45) is 4.99 Å². The van der Waals surface area contributed by atoms with E-state index in [0.29, 0.717) is 17.3 Å². The maximum absolute atomic E-state index is 11.9. The molecule has 0 saturated carbocycles. The standard InChI is InChI=1S/C20H15N3O2S/c1-25-16-9-3-8-15(12-16)22-19-17(26-20(24)23-19)11-14-6-2-5-13-7-4-10-21-18(13)14/h2-12H,1H3,(H,22,23,24)/b17-11-. The number of ether oxygens (including phenoxy) is 1. The van der Waals surface area contributed by atoms with Gasteiger partial charge in [-0.3, -0.25) is 9.78 Å². The second-order valence-electron chi connectivity index (χ2n) is 5.61. The summed E-state index contributed by atoms with van der Waals surface area (Å²) in [6, 6.07) is 17.3. The zero-order chi connectivity index (χ0) is 17.9. The molecule has 2 heterocycles. The largest absolute Gasteiger partial charge is 0.497 e. The zero-order valence-corrected chi connectivity index (χ0v) is 14.8. The molecule has 2 aromatic carbocycles. The average Bonchev–Trinajstić information content (AvgIpc) is 3.01. The molecule has 1 fully saturated rings. The van der Waals surface area contributed by atoms with E-state index in [1.807, 2.05) is 60.7 Å². The van der Waals surface area contributed by atoms with E-state index < -0.39 is 0 Å². The van der Waals surface area contributed by atoms with Crippen LogP contribution in [0.15, 0.2) is 70.7 Å². The SMILES string of the molecule is COc1cccc(N=C2NC(=O)S/C2=C\c2cccc3cccnc23)c1. The van der Waals surface area contributed by atoms with Gasteiger partial charge < -0.3 is 10.1 Å². The number of fused-ring (bicyclic) bond motifs is 1. The number of carbonyl (C=O) groups excluding carboxylic acids is 1. The van der Waals surface area contributed by atoms with E-state index in [2.05, 4.69) is 15.3 Å². The average molecular weight is 361 g/mol. The Hall–Kier alpha value is -3.12. The molecule has 26 heavy (non-hydrogen) atoms. The van der Waals surface area contributed by atoms with Gasteiger partial charge in [-0.05, 0) is 36.0 Å². The molecule has 0 aliphatic carbocycles. The van der Waals surface area contributed by atoms with Crippen molar-refractivity contribution in [3.63, 3.8) is 0 Å². The third-order valence-corrected chi connectivity index (χ3v) is 4.72. The van der Waals surface area contributed by atoms with E-state index in [1.54, 1.807) is 13.3 Å². The number of pyridine rings is 1.